The van der Waals surface area contributed by atoms with Crippen molar-refractivity contribution in [2.24, 2.45) is 0 Å². The first-order valence-electron chi connectivity index (χ1n) is 13.4. The number of methoxy groups -OCH3 is 1. The Morgan fingerprint density at radius 2 is 1.77 bits per heavy atom. The number of halogens is 3. The number of amides is 1. The van der Waals surface area contributed by atoms with Crippen molar-refractivity contribution in [3.63, 3.8) is 0 Å². The van der Waals surface area contributed by atoms with E-state index in [4.69, 9.17) is 14.2 Å². The van der Waals surface area contributed by atoms with Gasteiger partial charge in [-0.05, 0) is 71.1 Å². The van der Waals surface area contributed by atoms with Crippen molar-refractivity contribution in [2.45, 2.75) is 12.6 Å². The number of rotatable bonds is 11. The van der Waals surface area contributed by atoms with E-state index in [-0.39, 0.29) is 37.3 Å². The minimum atomic E-state index is -4.55. The van der Waals surface area contributed by atoms with E-state index in [0.717, 1.165) is 18.4 Å². The van der Waals surface area contributed by atoms with E-state index in [2.05, 4.69) is 14.9 Å². The van der Waals surface area contributed by atoms with Crippen LogP contribution >= 0.6 is 0 Å². The van der Waals surface area contributed by atoms with Crippen molar-refractivity contribution in [1.29, 1.82) is 0 Å². The highest BCUT2D eigenvalue weighted by molar-refractivity contribution is 7.92. The molecule has 2 N–H and O–H groups in total. The van der Waals surface area contributed by atoms with Gasteiger partial charge in [-0.25, -0.2) is 8.42 Å². The van der Waals surface area contributed by atoms with Crippen LogP contribution in [-0.4, -0.2) is 64.4 Å². The Kier molecular flexibility index (Phi) is 8.95. The Balaban J connectivity index is 1.42. The molecule has 1 aliphatic heterocycles. The molecule has 0 bridgehead atoms. The summed E-state index contributed by atoms with van der Waals surface area (Å²) >= 11 is 0. The number of nitrogens with one attached hydrogen (secondary N) is 2. The highest BCUT2D eigenvalue weighted by atomic mass is 32.2. The van der Waals surface area contributed by atoms with Crippen LogP contribution in [0.3, 0.4) is 0 Å². The fourth-order valence-corrected chi connectivity index (χ4v) is 5.40. The SMILES string of the molecule is COCCOCOc1ccc(N2CCc3cc(-c4cc(-c5cn[nH]c5)cc(C(F)(F)F)c4)ccc3C2=O)cc1NS(C)(=O)=O. The Morgan fingerprint density at radius 3 is 2.45 bits per heavy atom. The average Bonchev–Trinajstić information content (AvgIpc) is 3.52. The molecule has 1 amide bonds. The molecular weight excluding hydrogens is 601 g/mol. The van der Waals surface area contributed by atoms with Crippen LogP contribution in [0.5, 0.6) is 5.75 Å². The summed E-state index contributed by atoms with van der Waals surface area (Å²) in [7, 11) is -2.15. The van der Waals surface area contributed by atoms with E-state index in [0.29, 0.717) is 52.1 Å². The molecule has 0 saturated carbocycles. The van der Waals surface area contributed by atoms with Crippen molar-refractivity contribution >= 4 is 27.3 Å². The van der Waals surface area contributed by atoms with E-state index >= 15 is 0 Å². The number of fused-ring (bicyclic) bond motifs is 1. The highest BCUT2D eigenvalue weighted by Gasteiger charge is 2.32. The summed E-state index contributed by atoms with van der Waals surface area (Å²) in [5, 5.41) is 6.46. The first-order chi connectivity index (χ1) is 20.9. The van der Waals surface area contributed by atoms with Crippen LogP contribution in [0.2, 0.25) is 0 Å². The number of benzene rings is 3. The second-order valence-corrected chi connectivity index (χ2v) is 11.8. The number of nitrogens with zero attached hydrogens (tertiary/aromatic N) is 2. The molecule has 44 heavy (non-hydrogen) atoms. The summed E-state index contributed by atoms with van der Waals surface area (Å²) in [5.41, 5.74) is 2.62. The van der Waals surface area contributed by atoms with Gasteiger partial charge in [0.25, 0.3) is 5.91 Å². The number of hydrogen-bond acceptors (Lipinski definition) is 7. The molecule has 0 unspecified atom stereocenters. The van der Waals surface area contributed by atoms with Gasteiger partial charge in [-0.3, -0.25) is 14.6 Å². The maximum Gasteiger partial charge on any atom is 0.416 e. The van der Waals surface area contributed by atoms with E-state index in [1.807, 2.05) is 0 Å². The van der Waals surface area contributed by atoms with E-state index in [9.17, 15) is 26.4 Å². The number of sulfonamides is 1. The molecule has 0 saturated heterocycles. The second kappa shape index (κ2) is 12.7. The lowest BCUT2D eigenvalue weighted by Crippen LogP contribution is -2.37. The Labute approximate surface area is 251 Å². The molecule has 4 aromatic rings. The number of aromatic amines is 1. The number of hydrogen-bond donors (Lipinski definition) is 2. The molecule has 1 aliphatic rings. The molecule has 2 heterocycles. The average molecular weight is 631 g/mol. The summed E-state index contributed by atoms with van der Waals surface area (Å²) in [6, 6.07) is 13.4. The van der Waals surface area contributed by atoms with Gasteiger partial charge < -0.3 is 19.1 Å². The summed E-state index contributed by atoms with van der Waals surface area (Å²) in [6.07, 6.45) is -0.164. The number of ether oxygens (including phenoxy) is 3. The van der Waals surface area contributed by atoms with Crippen LogP contribution in [0.1, 0.15) is 21.5 Å². The molecule has 232 valence electrons. The van der Waals surface area contributed by atoms with Crippen LogP contribution in [-0.2, 0) is 32.1 Å². The normalized spacial score (nSPS) is 13.6. The van der Waals surface area contributed by atoms with Crippen molar-refractivity contribution in [2.75, 3.05) is 49.5 Å². The van der Waals surface area contributed by atoms with Gasteiger partial charge in [-0.15, -0.1) is 0 Å². The van der Waals surface area contributed by atoms with Crippen LogP contribution in [0.15, 0.2) is 67.0 Å². The Morgan fingerprint density at radius 1 is 1.00 bits per heavy atom. The first-order valence-corrected chi connectivity index (χ1v) is 15.3. The molecule has 14 heteroatoms. The molecular formula is C30H29F3N4O6S. The fourth-order valence-electron chi connectivity index (χ4n) is 4.85. The molecule has 0 atom stereocenters. The molecule has 0 aliphatic carbocycles. The van der Waals surface area contributed by atoms with Gasteiger partial charge in [0.1, 0.15) is 5.75 Å². The third kappa shape index (κ3) is 7.21. The molecule has 3 aromatic carbocycles. The standard InChI is InChI=1S/C30H29F3N4O6S/c1-41-9-10-42-18-43-28-6-4-25(15-27(28)36-44(2,39)40)37-8-7-20-11-19(3-5-26(20)29(37)38)21-12-22(23-16-34-35-17-23)14-24(13-21)30(31,32)33/h3-6,11-17,36H,7-10,18H2,1-2H3,(H,34,35). The lowest BCUT2D eigenvalue weighted by Gasteiger charge is -2.29. The van der Waals surface area contributed by atoms with Gasteiger partial charge in [-0.1, -0.05) is 12.1 Å². The maximum atomic E-state index is 13.8. The predicted molar refractivity (Wildman–Crippen MR) is 158 cm³/mol. The van der Waals surface area contributed by atoms with Gasteiger partial charge >= 0.3 is 6.18 Å². The number of anilines is 2. The van der Waals surface area contributed by atoms with Gasteiger partial charge in [0.15, 0.2) is 6.79 Å². The van der Waals surface area contributed by atoms with Crippen molar-refractivity contribution in [3.05, 3.63) is 83.7 Å². The molecule has 1 aromatic heterocycles. The monoisotopic (exact) mass is 630 g/mol. The first kappa shape index (κ1) is 31.0. The van der Waals surface area contributed by atoms with Gasteiger partial charge in [0.05, 0.1) is 36.9 Å². The molecule has 0 radical (unpaired) electrons. The number of carbonyl (C=O) groups is 1. The summed E-state index contributed by atoms with van der Waals surface area (Å²) in [4.78, 5) is 15.1. The molecule has 0 spiro atoms. The maximum absolute atomic E-state index is 13.8. The lowest BCUT2D eigenvalue weighted by molar-refractivity contribution is -0.137. The van der Waals surface area contributed by atoms with E-state index < -0.39 is 21.8 Å². The van der Waals surface area contributed by atoms with E-state index in [1.54, 1.807) is 36.4 Å². The zero-order valence-corrected chi connectivity index (χ0v) is 24.6. The summed E-state index contributed by atoms with van der Waals surface area (Å²) in [6.45, 7) is 0.765. The quantitative estimate of drug-likeness (QED) is 0.170. The minimum absolute atomic E-state index is 0.132. The molecule has 10 nitrogen and oxygen atoms in total. The van der Waals surface area contributed by atoms with Crippen molar-refractivity contribution < 1.29 is 40.6 Å². The largest absolute Gasteiger partial charge is 0.465 e. The Bertz CT molecular complexity index is 1760. The van der Waals surface area contributed by atoms with Crippen LogP contribution in [0, 0.1) is 0 Å². The van der Waals surface area contributed by atoms with E-state index in [1.165, 1.54) is 30.5 Å². The number of aromatic nitrogens is 2. The minimum Gasteiger partial charge on any atom is -0.465 e. The summed E-state index contributed by atoms with van der Waals surface area (Å²) in [5.74, 6) is -0.121. The Hall–Kier alpha value is -4.40. The highest BCUT2D eigenvalue weighted by Crippen LogP contribution is 2.38. The van der Waals surface area contributed by atoms with Crippen LogP contribution in [0.25, 0.3) is 22.3 Å². The second-order valence-electron chi connectivity index (χ2n) is 10.1. The zero-order chi connectivity index (χ0) is 31.5. The predicted octanol–water partition coefficient (Wildman–Crippen LogP) is 5.34. The number of carbonyl (C=O) groups excluding carboxylic acids is 1. The van der Waals surface area contributed by atoms with Gasteiger partial charge in [-0.2, -0.15) is 18.3 Å². The van der Waals surface area contributed by atoms with Gasteiger partial charge in [0.2, 0.25) is 10.0 Å². The van der Waals surface area contributed by atoms with Crippen molar-refractivity contribution in [3.8, 4) is 28.0 Å². The van der Waals surface area contributed by atoms with Gasteiger partial charge in [0, 0.05) is 36.7 Å². The van der Waals surface area contributed by atoms with Crippen LogP contribution < -0.4 is 14.4 Å². The third-order valence-electron chi connectivity index (χ3n) is 6.91. The van der Waals surface area contributed by atoms with Crippen molar-refractivity contribution in [1.82, 2.24) is 10.2 Å². The zero-order valence-electron chi connectivity index (χ0n) is 23.8. The molecule has 0 fully saturated rings. The lowest BCUT2D eigenvalue weighted by atomic mass is 9.91. The van der Waals surface area contributed by atoms with Crippen LogP contribution in [0.4, 0.5) is 24.5 Å². The number of alkyl halides is 3. The smallest absolute Gasteiger partial charge is 0.416 e. The summed E-state index contributed by atoms with van der Waals surface area (Å²) < 4.78 is 83.6. The third-order valence-corrected chi connectivity index (χ3v) is 7.50. The topological polar surface area (TPSA) is 123 Å². The fraction of sp³-hybridized carbons (Fsp3) is 0.267. The molecule has 5 rings (SSSR count). The number of H-pyrrole nitrogens is 1.